The number of rotatable bonds is 12. The summed E-state index contributed by atoms with van der Waals surface area (Å²) >= 11 is 0. The molecule has 0 bridgehead atoms. The summed E-state index contributed by atoms with van der Waals surface area (Å²) in [5, 5.41) is 2.96. The summed E-state index contributed by atoms with van der Waals surface area (Å²) in [5.41, 5.74) is 5.45. The molecule has 0 heterocycles. The Labute approximate surface area is 113 Å². The molecule has 0 aliphatic rings. The van der Waals surface area contributed by atoms with Crippen LogP contribution in [0.3, 0.4) is 0 Å². The molecule has 0 radical (unpaired) electrons. The van der Waals surface area contributed by atoms with E-state index < -0.39 is 0 Å². The first-order valence-corrected chi connectivity index (χ1v) is 7.66. The maximum absolute atomic E-state index is 11.3. The van der Waals surface area contributed by atoms with Gasteiger partial charge in [0.15, 0.2) is 0 Å². The van der Waals surface area contributed by atoms with Crippen LogP contribution in [0.2, 0.25) is 0 Å². The third kappa shape index (κ3) is 11.9. The van der Waals surface area contributed by atoms with E-state index in [-0.39, 0.29) is 11.8 Å². The average molecular weight is 256 g/mol. The lowest BCUT2D eigenvalue weighted by Crippen LogP contribution is -2.28. The van der Waals surface area contributed by atoms with Gasteiger partial charge in [-0.25, -0.2) is 0 Å². The van der Waals surface area contributed by atoms with Crippen LogP contribution >= 0.6 is 0 Å². The van der Waals surface area contributed by atoms with E-state index in [2.05, 4.69) is 5.32 Å². The SMILES string of the molecule is CC(C)C(=O)NCCCCCCCCCCCN. The van der Waals surface area contributed by atoms with Gasteiger partial charge in [-0.05, 0) is 19.4 Å². The standard InChI is InChI=1S/C15H32N2O/c1-14(2)15(18)17-13-11-9-7-5-3-4-6-8-10-12-16/h14H,3-13,16H2,1-2H3,(H,17,18). The van der Waals surface area contributed by atoms with E-state index in [1.54, 1.807) is 0 Å². The molecule has 3 nitrogen and oxygen atoms in total. The van der Waals surface area contributed by atoms with Crippen molar-refractivity contribution in [2.24, 2.45) is 11.7 Å². The molecule has 0 atom stereocenters. The fourth-order valence-corrected chi connectivity index (χ4v) is 1.92. The van der Waals surface area contributed by atoms with Gasteiger partial charge >= 0.3 is 0 Å². The fraction of sp³-hybridized carbons (Fsp3) is 0.933. The Morgan fingerprint density at radius 2 is 1.33 bits per heavy atom. The van der Waals surface area contributed by atoms with E-state index in [0.717, 1.165) is 19.5 Å². The molecular formula is C15H32N2O. The monoisotopic (exact) mass is 256 g/mol. The van der Waals surface area contributed by atoms with Gasteiger partial charge in [-0.1, -0.05) is 58.8 Å². The van der Waals surface area contributed by atoms with Crippen LogP contribution in [0.1, 0.15) is 71.6 Å². The van der Waals surface area contributed by atoms with Crippen LogP contribution < -0.4 is 11.1 Å². The minimum absolute atomic E-state index is 0.110. The minimum atomic E-state index is 0.110. The van der Waals surface area contributed by atoms with Crippen LogP contribution in [0.15, 0.2) is 0 Å². The summed E-state index contributed by atoms with van der Waals surface area (Å²) in [7, 11) is 0. The Hall–Kier alpha value is -0.570. The van der Waals surface area contributed by atoms with Crippen LogP contribution in [0.25, 0.3) is 0 Å². The molecule has 0 aromatic rings. The Bertz CT molecular complexity index is 193. The molecule has 3 heteroatoms. The molecule has 18 heavy (non-hydrogen) atoms. The highest BCUT2D eigenvalue weighted by molar-refractivity contribution is 5.77. The minimum Gasteiger partial charge on any atom is -0.356 e. The molecule has 3 N–H and O–H groups in total. The molecule has 0 unspecified atom stereocenters. The normalized spacial score (nSPS) is 10.9. The van der Waals surface area contributed by atoms with Gasteiger partial charge in [0.2, 0.25) is 5.91 Å². The number of carbonyl (C=O) groups is 1. The van der Waals surface area contributed by atoms with E-state index in [1.165, 1.54) is 51.4 Å². The zero-order valence-corrected chi connectivity index (χ0v) is 12.3. The van der Waals surface area contributed by atoms with Crippen molar-refractivity contribution in [2.75, 3.05) is 13.1 Å². The largest absolute Gasteiger partial charge is 0.356 e. The van der Waals surface area contributed by atoms with Gasteiger partial charge in [-0.2, -0.15) is 0 Å². The second-order valence-electron chi connectivity index (χ2n) is 5.42. The number of nitrogens with two attached hydrogens (primary N) is 1. The maximum atomic E-state index is 11.3. The lowest BCUT2D eigenvalue weighted by Gasteiger charge is -2.07. The molecular weight excluding hydrogens is 224 g/mol. The van der Waals surface area contributed by atoms with E-state index in [0.29, 0.717) is 0 Å². The van der Waals surface area contributed by atoms with Crippen molar-refractivity contribution < 1.29 is 4.79 Å². The third-order valence-corrected chi connectivity index (χ3v) is 3.20. The average Bonchev–Trinajstić information content (AvgIpc) is 2.35. The molecule has 0 saturated carbocycles. The van der Waals surface area contributed by atoms with E-state index in [9.17, 15) is 4.79 Å². The molecule has 0 aromatic carbocycles. The van der Waals surface area contributed by atoms with Crippen LogP contribution in [0.4, 0.5) is 0 Å². The predicted molar refractivity (Wildman–Crippen MR) is 78.5 cm³/mol. The van der Waals surface area contributed by atoms with Crippen LogP contribution in [0, 0.1) is 5.92 Å². The summed E-state index contributed by atoms with van der Waals surface area (Å²) in [5.74, 6) is 0.286. The second-order valence-corrected chi connectivity index (χ2v) is 5.42. The van der Waals surface area contributed by atoms with Crippen molar-refractivity contribution in [3.8, 4) is 0 Å². The summed E-state index contributed by atoms with van der Waals surface area (Å²) in [4.78, 5) is 11.3. The Morgan fingerprint density at radius 3 is 1.78 bits per heavy atom. The van der Waals surface area contributed by atoms with Crippen molar-refractivity contribution in [1.29, 1.82) is 0 Å². The quantitative estimate of drug-likeness (QED) is 0.527. The van der Waals surface area contributed by atoms with Crippen molar-refractivity contribution in [3.63, 3.8) is 0 Å². The van der Waals surface area contributed by atoms with Gasteiger partial charge in [0, 0.05) is 12.5 Å². The van der Waals surface area contributed by atoms with Crippen molar-refractivity contribution in [1.82, 2.24) is 5.32 Å². The van der Waals surface area contributed by atoms with Gasteiger partial charge in [0.25, 0.3) is 0 Å². The number of nitrogens with one attached hydrogen (secondary N) is 1. The van der Waals surface area contributed by atoms with Crippen LogP contribution in [-0.4, -0.2) is 19.0 Å². The molecule has 0 aliphatic carbocycles. The molecule has 0 spiro atoms. The summed E-state index contributed by atoms with van der Waals surface area (Å²) in [6, 6.07) is 0. The zero-order valence-electron chi connectivity index (χ0n) is 12.3. The first-order chi connectivity index (χ1) is 8.68. The van der Waals surface area contributed by atoms with Crippen molar-refractivity contribution in [3.05, 3.63) is 0 Å². The second kappa shape index (κ2) is 12.9. The van der Waals surface area contributed by atoms with Gasteiger partial charge < -0.3 is 11.1 Å². The van der Waals surface area contributed by atoms with Crippen molar-refractivity contribution in [2.45, 2.75) is 71.6 Å². The molecule has 0 aromatic heterocycles. The molecule has 1 amide bonds. The number of hydrogen-bond donors (Lipinski definition) is 2. The molecule has 0 aliphatic heterocycles. The highest BCUT2D eigenvalue weighted by Crippen LogP contribution is 2.09. The summed E-state index contributed by atoms with van der Waals surface area (Å²) in [6.45, 7) is 5.54. The van der Waals surface area contributed by atoms with Gasteiger partial charge in [-0.15, -0.1) is 0 Å². The first kappa shape index (κ1) is 17.4. The fourth-order valence-electron chi connectivity index (χ4n) is 1.92. The first-order valence-electron chi connectivity index (χ1n) is 7.66. The van der Waals surface area contributed by atoms with Gasteiger partial charge in [0.05, 0.1) is 0 Å². The third-order valence-electron chi connectivity index (χ3n) is 3.20. The van der Waals surface area contributed by atoms with Crippen LogP contribution in [-0.2, 0) is 4.79 Å². The lowest BCUT2D eigenvalue weighted by atomic mass is 10.1. The summed E-state index contributed by atoms with van der Waals surface area (Å²) in [6.07, 6.45) is 11.5. The Morgan fingerprint density at radius 1 is 0.889 bits per heavy atom. The van der Waals surface area contributed by atoms with Crippen molar-refractivity contribution >= 4 is 5.91 Å². The molecule has 108 valence electrons. The van der Waals surface area contributed by atoms with Crippen LogP contribution in [0.5, 0.6) is 0 Å². The lowest BCUT2D eigenvalue weighted by molar-refractivity contribution is -0.123. The smallest absolute Gasteiger partial charge is 0.222 e. The highest BCUT2D eigenvalue weighted by atomic mass is 16.1. The number of unbranched alkanes of at least 4 members (excludes halogenated alkanes) is 8. The zero-order chi connectivity index (χ0) is 13.6. The Balaban J connectivity index is 3.05. The summed E-state index contributed by atoms with van der Waals surface area (Å²) < 4.78 is 0. The van der Waals surface area contributed by atoms with E-state index in [1.807, 2.05) is 13.8 Å². The number of hydrogen-bond acceptors (Lipinski definition) is 2. The molecule has 0 fully saturated rings. The van der Waals surface area contributed by atoms with Gasteiger partial charge in [0.1, 0.15) is 0 Å². The van der Waals surface area contributed by atoms with E-state index in [4.69, 9.17) is 5.73 Å². The molecule has 0 saturated heterocycles. The Kier molecular flexibility index (Phi) is 12.5. The predicted octanol–water partition coefficient (Wildman–Crippen LogP) is 3.23. The van der Waals surface area contributed by atoms with Gasteiger partial charge in [-0.3, -0.25) is 4.79 Å². The maximum Gasteiger partial charge on any atom is 0.222 e. The topological polar surface area (TPSA) is 55.1 Å². The highest BCUT2D eigenvalue weighted by Gasteiger charge is 2.04. The number of amides is 1. The number of carbonyl (C=O) groups excluding carboxylic acids is 1. The van der Waals surface area contributed by atoms with E-state index >= 15 is 0 Å². The molecule has 0 rings (SSSR count).